The van der Waals surface area contributed by atoms with E-state index in [1.807, 2.05) is 13.0 Å². The van der Waals surface area contributed by atoms with Crippen LogP contribution in [0.25, 0.3) is 0 Å². The molecule has 0 spiro atoms. The molecule has 6 heteroatoms. The van der Waals surface area contributed by atoms with Crippen molar-refractivity contribution < 1.29 is 9.59 Å². The number of hydrogen-bond donors (Lipinski definition) is 2. The van der Waals surface area contributed by atoms with Gasteiger partial charge in [0.05, 0.1) is 10.6 Å². The normalized spacial score (nSPS) is 10.3. The number of carbonyl (C=O) groups is 2. The molecule has 4 nitrogen and oxygen atoms in total. The Morgan fingerprint density at radius 1 is 0.778 bits per heavy atom. The molecule has 0 saturated carbocycles. The van der Waals surface area contributed by atoms with Gasteiger partial charge in [0.15, 0.2) is 0 Å². The fourth-order valence-electron chi connectivity index (χ4n) is 2.47. The molecule has 0 aliphatic rings. The summed E-state index contributed by atoms with van der Waals surface area (Å²) in [6, 6.07) is 18.8. The fourth-order valence-corrected chi connectivity index (χ4v) is 2.98. The van der Waals surface area contributed by atoms with Crippen molar-refractivity contribution in [2.45, 2.75) is 6.92 Å². The van der Waals surface area contributed by atoms with Crippen molar-refractivity contribution in [1.29, 1.82) is 0 Å². The van der Waals surface area contributed by atoms with Gasteiger partial charge >= 0.3 is 0 Å². The molecule has 3 rings (SSSR count). The highest BCUT2D eigenvalue weighted by Crippen LogP contribution is 2.20. The molecule has 0 saturated heterocycles. The molecule has 0 unspecified atom stereocenters. The van der Waals surface area contributed by atoms with E-state index in [1.54, 1.807) is 60.7 Å². The summed E-state index contributed by atoms with van der Waals surface area (Å²) in [6.07, 6.45) is 0. The third-order valence-corrected chi connectivity index (χ3v) is 4.40. The van der Waals surface area contributed by atoms with E-state index in [2.05, 4.69) is 10.6 Å². The Hall–Kier alpha value is -2.82. The van der Waals surface area contributed by atoms with Crippen LogP contribution in [-0.4, -0.2) is 11.8 Å². The van der Waals surface area contributed by atoms with Gasteiger partial charge in [-0.3, -0.25) is 9.59 Å². The first kappa shape index (κ1) is 19.0. The average molecular weight is 399 g/mol. The number of carbonyl (C=O) groups excluding carboxylic acids is 2. The molecule has 3 aromatic rings. The Bertz CT molecular complexity index is 1000. The molecule has 2 amide bonds. The highest BCUT2D eigenvalue weighted by atomic mass is 35.5. The summed E-state index contributed by atoms with van der Waals surface area (Å²) in [4.78, 5) is 24.6. The van der Waals surface area contributed by atoms with E-state index < -0.39 is 0 Å². The quantitative estimate of drug-likeness (QED) is 0.582. The summed E-state index contributed by atoms with van der Waals surface area (Å²) >= 11 is 12.0. The highest BCUT2D eigenvalue weighted by molar-refractivity contribution is 6.34. The van der Waals surface area contributed by atoms with Crippen LogP contribution in [0.5, 0.6) is 0 Å². The molecular formula is C21H16Cl2N2O2. The third kappa shape index (κ3) is 4.88. The van der Waals surface area contributed by atoms with Crippen LogP contribution in [0.15, 0.2) is 66.7 Å². The van der Waals surface area contributed by atoms with E-state index in [0.29, 0.717) is 32.5 Å². The van der Waals surface area contributed by atoms with Gasteiger partial charge in [0.2, 0.25) is 0 Å². The molecule has 0 aliphatic heterocycles. The Morgan fingerprint density at radius 3 is 2.00 bits per heavy atom. The highest BCUT2D eigenvalue weighted by Gasteiger charge is 2.11. The molecule has 0 bridgehead atoms. The maximum Gasteiger partial charge on any atom is 0.257 e. The number of aryl methyl sites for hydroxylation is 1. The SMILES string of the molecule is Cc1ccc(C(=O)Nc2ccc(NC(=O)c3cccc(Cl)c3)cc2)c(Cl)c1. The third-order valence-electron chi connectivity index (χ3n) is 3.86. The van der Waals surface area contributed by atoms with Gasteiger partial charge in [-0.2, -0.15) is 0 Å². The maximum atomic E-state index is 12.3. The smallest absolute Gasteiger partial charge is 0.257 e. The first-order valence-corrected chi connectivity index (χ1v) is 8.92. The van der Waals surface area contributed by atoms with Gasteiger partial charge in [-0.15, -0.1) is 0 Å². The van der Waals surface area contributed by atoms with E-state index >= 15 is 0 Å². The van der Waals surface area contributed by atoms with E-state index in [1.165, 1.54) is 0 Å². The summed E-state index contributed by atoms with van der Waals surface area (Å²) in [7, 11) is 0. The Morgan fingerprint density at radius 2 is 1.41 bits per heavy atom. The molecule has 3 aromatic carbocycles. The minimum absolute atomic E-state index is 0.263. The number of anilines is 2. The van der Waals surface area contributed by atoms with Gasteiger partial charge in [-0.05, 0) is 67.1 Å². The molecule has 2 N–H and O–H groups in total. The molecule has 27 heavy (non-hydrogen) atoms. The van der Waals surface area contributed by atoms with Gasteiger partial charge in [-0.25, -0.2) is 0 Å². The van der Waals surface area contributed by atoms with Crippen LogP contribution in [-0.2, 0) is 0 Å². The molecule has 0 fully saturated rings. The first-order chi connectivity index (χ1) is 12.9. The van der Waals surface area contributed by atoms with Crippen LogP contribution in [0.4, 0.5) is 11.4 Å². The molecule has 0 heterocycles. The number of rotatable bonds is 4. The molecule has 0 atom stereocenters. The van der Waals surface area contributed by atoms with Gasteiger partial charge in [0.1, 0.15) is 0 Å². The van der Waals surface area contributed by atoms with Crippen molar-refractivity contribution in [2.75, 3.05) is 10.6 Å². The van der Waals surface area contributed by atoms with Crippen LogP contribution in [0.1, 0.15) is 26.3 Å². The number of nitrogens with one attached hydrogen (secondary N) is 2. The van der Waals surface area contributed by atoms with Gasteiger partial charge < -0.3 is 10.6 Å². The summed E-state index contributed by atoms with van der Waals surface area (Å²) < 4.78 is 0. The lowest BCUT2D eigenvalue weighted by Gasteiger charge is -2.09. The topological polar surface area (TPSA) is 58.2 Å². The van der Waals surface area contributed by atoms with Crippen molar-refractivity contribution in [3.8, 4) is 0 Å². The number of benzene rings is 3. The Kier molecular flexibility index (Phi) is 5.79. The zero-order chi connectivity index (χ0) is 19.4. The number of hydrogen-bond acceptors (Lipinski definition) is 2. The van der Waals surface area contributed by atoms with Crippen molar-refractivity contribution in [1.82, 2.24) is 0 Å². The minimum Gasteiger partial charge on any atom is -0.322 e. The van der Waals surface area contributed by atoms with Gasteiger partial charge in [0.25, 0.3) is 11.8 Å². The lowest BCUT2D eigenvalue weighted by atomic mass is 10.1. The monoisotopic (exact) mass is 398 g/mol. The second-order valence-corrected chi connectivity index (χ2v) is 6.82. The van der Waals surface area contributed by atoms with Gasteiger partial charge in [0, 0.05) is 22.0 Å². The minimum atomic E-state index is -0.296. The molecular weight excluding hydrogens is 383 g/mol. The standard InChI is InChI=1S/C21H16Cl2N2O2/c1-13-5-10-18(19(23)11-13)21(27)25-17-8-6-16(7-9-17)24-20(26)14-3-2-4-15(22)12-14/h2-12H,1H3,(H,24,26)(H,25,27). The van der Waals surface area contributed by atoms with Gasteiger partial charge in [-0.1, -0.05) is 35.3 Å². The van der Waals surface area contributed by atoms with Crippen LogP contribution >= 0.6 is 23.2 Å². The van der Waals surface area contributed by atoms with Crippen molar-refractivity contribution in [3.05, 3.63) is 93.5 Å². The second-order valence-electron chi connectivity index (χ2n) is 5.98. The van der Waals surface area contributed by atoms with E-state index in [4.69, 9.17) is 23.2 Å². The van der Waals surface area contributed by atoms with Crippen LogP contribution in [0.3, 0.4) is 0 Å². The van der Waals surface area contributed by atoms with E-state index in [0.717, 1.165) is 5.56 Å². The van der Waals surface area contributed by atoms with Crippen molar-refractivity contribution >= 4 is 46.4 Å². The molecule has 0 radical (unpaired) electrons. The van der Waals surface area contributed by atoms with Crippen LogP contribution in [0.2, 0.25) is 10.0 Å². The van der Waals surface area contributed by atoms with Crippen molar-refractivity contribution in [2.24, 2.45) is 0 Å². The molecule has 136 valence electrons. The number of halogens is 2. The fraction of sp³-hybridized carbons (Fsp3) is 0.0476. The second kappa shape index (κ2) is 8.25. The van der Waals surface area contributed by atoms with Crippen LogP contribution < -0.4 is 10.6 Å². The summed E-state index contributed by atoms with van der Waals surface area (Å²) in [5.41, 5.74) is 3.05. The van der Waals surface area contributed by atoms with E-state index in [-0.39, 0.29) is 11.8 Å². The summed E-state index contributed by atoms with van der Waals surface area (Å²) in [6.45, 7) is 1.91. The Balaban J connectivity index is 1.66. The van der Waals surface area contributed by atoms with Crippen molar-refractivity contribution in [3.63, 3.8) is 0 Å². The number of amides is 2. The predicted molar refractivity (Wildman–Crippen MR) is 110 cm³/mol. The zero-order valence-corrected chi connectivity index (χ0v) is 15.9. The maximum absolute atomic E-state index is 12.3. The lowest BCUT2D eigenvalue weighted by Crippen LogP contribution is -2.13. The average Bonchev–Trinajstić information content (AvgIpc) is 2.63. The zero-order valence-electron chi connectivity index (χ0n) is 14.4. The summed E-state index contributed by atoms with van der Waals surface area (Å²) in [5.74, 6) is -0.559. The molecule has 0 aromatic heterocycles. The van der Waals surface area contributed by atoms with E-state index in [9.17, 15) is 9.59 Å². The largest absolute Gasteiger partial charge is 0.322 e. The predicted octanol–water partition coefficient (Wildman–Crippen LogP) is 5.81. The molecule has 0 aliphatic carbocycles. The van der Waals surface area contributed by atoms with Crippen LogP contribution in [0, 0.1) is 6.92 Å². The first-order valence-electron chi connectivity index (χ1n) is 8.17. The lowest BCUT2D eigenvalue weighted by molar-refractivity contribution is 0.101. The summed E-state index contributed by atoms with van der Waals surface area (Å²) in [5, 5.41) is 6.46. The Labute approximate surface area is 167 Å².